The van der Waals surface area contributed by atoms with Crippen LogP contribution in [0.3, 0.4) is 0 Å². The number of aryl methyl sites for hydroxylation is 1. The summed E-state index contributed by atoms with van der Waals surface area (Å²) in [6.45, 7) is 6.27. The molecule has 0 bridgehead atoms. The van der Waals surface area contributed by atoms with Crippen LogP contribution in [0.1, 0.15) is 50.7 Å². The average molecular weight is 258 g/mol. The van der Waals surface area contributed by atoms with Gasteiger partial charge in [-0.1, -0.05) is 6.08 Å². The number of fused-ring (bicyclic) bond motifs is 1. The first-order valence-corrected chi connectivity index (χ1v) is 7.23. The molecule has 2 nitrogen and oxygen atoms in total. The largest absolute Gasteiger partial charge is 0.490 e. The highest BCUT2D eigenvalue weighted by molar-refractivity contribution is 5.66. The molecule has 1 aromatic rings. The molecule has 0 radical (unpaired) electrons. The first-order chi connectivity index (χ1) is 9.03. The van der Waals surface area contributed by atoms with E-state index in [1.165, 1.54) is 36.8 Å². The van der Waals surface area contributed by atoms with Crippen molar-refractivity contribution in [2.45, 2.75) is 58.2 Å². The van der Waals surface area contributed by atoms with Gasteiger partial charge in [-0.3, -0.25) is 0 Å². The molecule has 1 heterocycles. The van der Waals surface area contributed by atoms with Crippen LogP contribution in [-0.4, -0.2) is 11.7 Å². The zero-order valence-electron chi connectivity index (χ0n) is 12.0. The van der Waals surface area contributed by atoms with Gasteiger partial charge in [0.2, 0.25) is 0 Å². The van der Waals surface area contributed by atoms with Gasteiger partial charge in [-0.2, -0.15) is 0 Å². The van der Waals surface area contributed by atoms with Gasteiger partial charge in [-0.15, -0.1) is 0 Å². The van der Waals surface area contributed by atoms with Crippen LogP contribution in [0, 0.1) is 6.92 Å². The fraction of sp³-hybridized carbons (Fsp3) is 0.529. The number of hydrogen-bond acceptors (Lipinski definition) is 2. The van der Waals surface area contributed by atoms with Gasteiger partial charge in [0.05, 0.1) is 6.10 Å². The standard InChI is InChI=1S/C17H22O2/c1-12-10-14(18-13-6-4-5-7-13)11-16-15(12)8-9-17(2,3)19-16/h8-11,13H,4-7H2,1-3H3. The second-order valence-corrected chi connectivity index (χ2v) is 6.22. The van der Waals surface area contributed by atoms with Gasteiger partial charge in [0.1, 0.15) is 17.1 Å². The van der Waals surface area contributed by atoms with E-state index in [4.69, 9.17) is 9.47 Å². The molecule has 1 aliphatic carbocycles. The van der Waals surface area contributed by atoms with Gasteiger partial charge in [-0.25, -0.2) is 0 Å². The van der Waals surface area contributed by atoms with Crippen LogP contribution in [0.4, 0.5) is 0 Å². The Morgan fingerprint density at radius 3 is 2.68 bits per heavy atom. The third kappa shape index (κ3) is 2.63. The van der Waals surface area contributed by atoms with Crippen molar-refractivity contribution in [3.05, 3.63) is 29.3 Å². The van der Waals surface area contributed by atoms with E-state index < -0.39 is 0 Å². The molecule has 0 aromatic heterocycles. The normalized spacial score (nSPS) is 21.0. The molecule has 1 aliphatic heterocycles. The van der Waals surface area contributed by atoms with E-state index in [-0.39, 0.29) is 5.60 Å². The summed E-state index contributed by atoms with van der Waals surface area (Å²) in [6.07, 6.45) is 9.62. The molecule has 1 aromatic carbocycles. The molecular weight excluding hydrogens is 236 g/mol. The van der Waals surface area contributed by atoms with E-state index in [1.807, 2.05) is 6.07 Å². The molecule has 0 N–H and O–H groups in total. The molecular formula is C17H22O2. The minimum absolute atomic E-state index is 0.231. The van der Waals surface area contributed by atoms with Crippen LogP contribution in [0.25, 0.3) is 6.08 Å². The molecule has 2 heteroatoms. The Balaban J connectivity index is 1.88. The van der Waals surface area contributed by atoms with E-state index in [9.17, 15) is 0 Å². The lowest BCUT2D eigenvalue weighted by Gasteiger charge is -2.29. The van der Waals surface area contributed by atoms with Crippen molar-refractivity contribution in [3.8, 4) is 11.5 Å². The van der Waals surface area contributed by atoms with Gasteiger partial charge < -0.3 is 9.47 Å². The maximum absolute atomic E-state index is 6.09. The highest BCUT2D eigenvalue weighted by atomic mass is 16.5. The highest BCUT2D eigenvalue weighted by Gasteiger charge is 2.24. The zero-order chi connectivity index (χ0) is 13.5. The quantitative estimate of drug-likeness (QED) is 0.777. The molecule has 3 rings (SSSR count). The van der Waals surface area contributed by atoms with Crippen LogP contribution < -0.4 is 9.47 Å². The predicted molar refractivity (Wildman–Crippen MR) is 77.8 cm³/mol. The minimum atomic E-state index is -0.231. The van der Waals surface area contributed by atoms with Crippen LogP contribution in [-0.2, 0) is 0 Å². The van der Waals surface area contributed by atoms with Crippen molar-refractivity contribution in [2.24, 2.45) is 0 Å². The summed E-state index contributed by atoms with van der Waals surface area (Å²) in [7, 11) is 0. The monoisotopic (exact) mass is 258 g/mol. The lowest BCUT2D eigenvalue weighted by molar-refractivity contribution is 0.156. The van der Waals surface area contributed by atoms with Crippen molar-refractivity contribution in [2.75, 3.05) is 0 Å². The Kier molecular flexibility index (Phi) is 3.04. The number of ether oxygens (including phenoxy) is 2. The first-order valence-electron chi connectivity index (χ1n) is 7.23. The fourth-order valence-electron chi connectivity index (χ4n) is 2.90. The second-order valence-electron chi connectivity index (χ2n) is 6.22. The Bertz CT molecular complexity index is 508. The van der Waals surface area contributed by atoms with Gasteiger partial charge >= 0.3 is 0 Å². The van der Waals surface area contributed by atoms with E-state index in [1.54, 1.807) is 0 Å². The smallest absolute Gasteiger partial charge is 0.131 e. The van der Waals surface area contributed by atoms with Gasteiger partial charge in [-0.05, 0) is 64.2 Å². The van der Waals surface area contributed by atoms with Crippen LogP contribution in [0.2, 0.25) is 0 Å². The molecule has 0 spiro atoms. The van der Waals surface area contributed by atoms with Crippen molar-refractivity contribution in [1.29, 1.82) is 0 Å². The highest BCUT2D eigenvalue weighted by Crippen LogP contribution is 2.37. The molecule has 0 amide bonds. The van der Waals surface area contributed by atoms with E-state index in [0.29, 0.717) is 6.10 Å². The summed E-state index contributed by atoms with van der Waals surface area (Å²) in [5.74, 6) is 1.90. The van der Waals surface area contributed by atoms with E-state index in [0.717, 1.165) is 11.5 Å². The van der Waals surface area contributed by atoms with Crippen LogP contribution >= 0.6 is 0 Å². The third-order valence-corrected chi connectivity index (χ3v) is 3.95. The second kappa shape index (κ2) is 4.59. The fourth-order valence-corrected chi connectivity index (χ4v) is 2.90. The molecule has 1 saturated carbocycles. The van der Waals surface area contributed by atoms with Gasteiger partial charge in [0, 0.05) is 11.6 Å². The zero-order valence-corrected chi connectivity index (χ0v) is 12.0. The molecule has 0 atom stereocenters. The SMILES string of the molecule is Cc1cc(OC2CCCC2)cc2c1C=CC(C)(C)O2. The molecule has 0 unspecified atom stereocenters. The lowest BCUT2D eigenvalue weighted by Crippen LogP contribution is -2.27. The Morgan fingerprint density at radius 2 is 1.95 bits per heavy atom. The summed E-state index contributed by atoms with van der Waals surface area (Å²) in [5.41, 5.74) is 2.17. The molecule has 2 aliphatic rings. The van der Waals surface area contributed by atoms with E-state index >= 15 is 0 Å². The average Bonchev–Trinajstić information content (AvgIpc) is 2.79. The Morgan fingerprint density at radius 1 is 1.21 bits per heavy atom. The summed E-state index contributed by atoms with van der Waals surface area (Å²) < 4.78 is 12.1. The molecule has 0 saturated heterocycles. The summed E-state index contributed by atoms with van der Waals surface area (Å²) in [5, 5.41) is 0. The van der Waals surface area contributed by atoms with Crippen LogP contribution in [0.5, 0.6) is 11.5 Å². The van der Waals surface area contributed by atoms with Crippen molar-refractivity contribution in [3.63, 3.8) is 0 Å². The maximum Gasteiger partial charge on any atom is 0.131 e. The number of hydrogen-bond donors (Lipinski definition) is 0. The topological polar surface area (TPSA) is 18.5 Å². The van der Waals surface area contributed by atoms with Crippen LogP contribution in [0.15, 0.2) is 18.2 Å². The minimum Gasteiger partial charge on any atom is -0.490 e. The predicted octanol–water partition coefficient (Wildman–Crippen LogP) is 4.50. The molecule has 19 heavy (non-hydrogen) atoms. The Labute approximate surface area is 115 Å². The van der Waals surface area contributed by atoms with Crippen molar-refractivity contribution < 1.29 is 9.47 Å². The van der Waals surface area contributed by atoms with Crippen molar-refractivity contribution >= 4 is 6.08 Å². The maximum atomic E-state index is 6.09. The Hall–Kier alpha value is -1.44. The van der Waals surface area contributed by atoms with Crippen molar-refractivity contribution in [1.82, 2.24) is 0 Å². The van der Waals surface area contributed by atoms with Gasteiger partial charge in [0.15, 0.2) is 0 Å². The summed E-state index contributed by atoms with van der Waals surface area (Å²) in [6, 6.07) is 4.18. The first kappa shape index (κ1) is 12.6. The number of rotatable bonds is 2. The van der Waals surface area contributed by atoms with Gasteiger partial charge in [0.25, 0.3) is 0 Å². The summed E-state index contributed by atoms with van der Waals surface area (Å²) >= 11 is 0. The lowest BCUT2D eigenvalue weighted by atomic mass is 9.99. The molecule has 102 valence electrons. The molecule has 1 fully saturated rings. The number of benzene rings is 1. The summed E-state index contributed by atoms with van der Waals surface area (Å²) in [4.78, 5) is 0. The van der Waals surface area contributed by atoms with E-state index in [2.05, 4.69) is 39.0 Å². The third-order valence-electron chi connectivity index (χ3n) is 3.95.